The lowest BCUT2D eigenvalue weighted by Gasteiger charge is -2.09. The zero-order chi connectivity index (χ0) is 15.8. The Morgan fingerprint density at radius 3 is 2.48 bits per heavy atom. The van der Waals surface area contributed by atoms with Crippen molar-refractivity contribution in [2.75, 3.05) is 13.7 Å². The van der Waals surface area contributed by atoms with Gasteiger partial charge in [0.15, 0.2) is 0 Å². The Kier molecular flexibility index (Phi) is 6.19. The summed E-state index contributed by atoms with van der Waals surface area (Å²) in [6, 6.07) is 6.41. The lowest BCUT2D eigenvalue weighted by atomic mass is 10.2. The minimum atomic E-state index is -0.924. The molecular formula is C14H19N3O4. The van der Waals surface area contributed by atoms with E-state index < -0.39 is 17.7 Å². The number of hydrogen-bond donors (Lipinski definition) is 3. The molecule has 0 radical (unpaired) electrons. The van der Waals surface area contributed by atoms with Crippen molar-refractivity contribution in [1.82, 2.24) is 16.2 Å². The van der Waals surface area contributed by atoms with Crippen molar-refractivity contribution in [3.63, 3.8) is 0 Å². The minimum Gasteiger partial charge on any atom is -0.497 e. The van der Waals surface area contributed by atoms with Crippen LogP contribution in [0, 0.1) is 5.92 Å². The van der Waals surface area contributed by atoms with Gasteiger partial charge in [-0.1, -0.05) is 19.9 Å². The fourth-order valence-electron chi connectivity index (χ4n) is 1.38. The van der Waals surface area contributed by atoms with Gasteiger partial charge >= 0.3 is 11.8 Å². The summed E-state index contributed by atoms with van der Waals surface area (Å²) < 4.78 is 4.99. The second-order valence-corrected chi connectivity index (χ2v) is 4.74. The summed E-state index contributed by atoms with van der Waals surface area (Å²) in [5.41, 5.74) is 4.52. The van der Waals surface area contributed by atoms with Crippen LogP contribution in [0.4, 0.5) is 0 Å². The topological polar surface area (TPSA) is 96.5 Å². The Morgan fingerprint density at radius 1 is 1.14 bits per heavy atom. The molecule has 1 rings (SSSR count). The maximum Gasteiger partial charge on any atom is 0.327 e. The highest BCUT2D eigenvalue weighted by Crippen LogP contribution is 2.11. The van der Waals surface area contributed by atoms with E-state index in [4.69, 9.17) is 4.74 Å². The van der Waals surface area contributed by atoms with Gasteiger partial charge in [-0.2, -0.15) is 0 Å². The number of rotatable bonds is 4. The molecule has 7 heteroatoms. The monoisotopic (exact) mass is 293 g/mol. The number of methoxy groups -OCH3 is 1. The maximum atomic E-state index is 11.8. The highest BCUT2D eigenvalue weighted by Gasteiger charge is 2.15. The lowest BCUT2D eigenvalue weighted by molar-refractivity contribution is -0.139. The number of carbonyl (C=O) groups is 3. The van der Waals surface area contributed by atoms with Gasteiger partial charge in [0.1, 0.15) is 5.75 Å². The molecule has 1 aromatic carbocycles. The molecule has 0 aliphatic rings. The second-order valence-electron chi connectivity index (χ2n) is 4.74. The van der Waals surface area contributed by atoms with E-state index in [-0.39, 0.29) is 5.92 Å². The number of ether oxygens (including phenoxy) is 1. The van der Waals surface area contributed by atoms with Gasteiger partial charge in [-0.3, -0.25) is 25.2 Å². The first-order valence-corrected chi connectivity index (χ1v) is 6.46. The quantitative estimate of drug-likeness (QED) is 0.547. The highest BCUT2D eigenvalue weighted by atomic mass is 16.5. The third kappa shape index (κ3) is 5.52. The summed E-state index contributed by atoms with van der Waals surface area (Å²) in [6.45, 7) is 4.20. The van der Waals surface area contributed by atoms with Crippen LogP contribution in [0.1, 0.15) is 24.2 Å². The molecule has 21 heavy (non-hydrogen) atoms. The van der Waals surface area contributed by atoms with Crippen molar-refractivity contribution in [1.29, 1.82) is 0 Å². The Balaban J connectivity index is 2.48. The van der Waals surface area contributed by atoms with Crippen LogP contribution in [0.2, 0.25) is 0 Å². The van der Waals surface area contributed by atoms with Crippen LogP contribution in [0.3, 0.4) is 0 Å². The van der Waals surface area contributed by atoms with E-state index in [0.29, 0.717) is 17.9 Å². The first-order chi connectivity index (χ1) is 9.93. The number of nitrogens with one attached hydrogen (secondary N) is 3. The fourth-order valence-corrected chi connectivity index (χ4v) is 1.38. The van der Waals surface area contributed by atoms with Crippen molar-refractivity contribution >= 4 is 17.7 Å². The summed E-state index contributed by atoms with van der Waals surface area (Å²) in [5, 5.41) is 2.44. The maximum absolute atomic E-state index is 11.8. The van der Waals surface area contributed by atoms with Gasteiger partial charge in [0.2, 0.25) is 0 Å². The van der Waals surface area contributed by atoms with Crippen molar-refractivity contribution in [3.05, 3.63) is 29.8 Å². The third-order valence-electron chi connectivity index (χ3n) is 2.50. The Labute approximate surface area is 123 Å². The second kappa shape index (κ2) is 7.88. The van der Waals surface area contributed by atoms with Gasteiger partial charge in [-0.05, 0) is 24.1 Å². The summed E-state index contributed by atoms with van der Waals surface area (Å²) >= 11 is 0. The largest absolute Gasteiger partial charge is 0.497 e. The van der Waals surface area contributed by atoms with Crippen molar-refractivity contribution in [2.45, 2.75) is 13.8 Å². The van der Waals surface area contributed by atoms with Gasteiger partial charge in [-0.15, -0.1) is 0 Å². The SMILES string of the molecule is COc1cccc(C(=O)NNC(=O)C(=O)NCC(C)C)c1. The molecule has 0 aliphatic carbocycles. The molecule has 0 saturated heterocycles. The zero-order valence-corrected chi connectivity index (χ0v) is 12.2. The van der Waals surface area contributed by atoms with Gasteiger partial charge in [0.05, 0.1) is 7.11 Å². The molecule has 0 fully saturated rings. The van der Waals surface area contributed by atoms with E-state index in [0.717, 1.165) is 0 Å². The average molecular weight is 293 g/mol. The molecule has 3 N–H and O–H groups in total. The van der Waals surface area contributed by atoms with Crippen LogP contribution < -0.4 is 20.9 Å². The Hall–Kier alpha value is -2.57. The zero-order valence-electron chi connectivity index (χ0n) is 12.2. The smallest absolute Gasteiger partial charge is 0.327 e. The standard InChI is InChI=1S/C14H19N3O4/c1-9(2)8-15-13(19)14(20)17-16-12(18)10-5-4-6-11(7-10)21-3/h4-7,9H,8H2,1-3H3,(H,15,19)(H,16,18)(H,17,20). The van der Waals surface area contributed by atoms with Gasteiger partial charge in [0, 0.05) is 12.1 Å². The molecule has 0 saturated carbocycles. The number of hydrazine groups is 1. The summed E-state index contributed by atoms with van der Waals surface area (Å²) in [5.74, 6) is -1.52. The van der Waals surface area contributed by atoms with Crippen LogP contribution in [0.25, 0.3) is 0 Å². The first kappa shape index (κ1) is 16.5. The molecule has 0 spiro atoms. The third-order valence-corrected chi connectivity index (χ3v) is 2.50. The van der Waals surface area contributed by atoms with E-state index in [2.05, 4.69) is 16.2 Å². The fraction of sp³-hybridized carbons (Fsp3) is 0.357. The molecule has 0 aromatic heterocycles. The first-order valence-electron chi connectivity index (χ1n) is 6.46. The van der Waals surface area contributed by atoms with Crippen molar-refractivity contribution in [2.24, 2.45) is 5.92 Å². The minimum absolute atomic E-state index is 0.230. The Morgan fingerprint density at radius 2 is 1.86 bits per heavy atom. The summed E-state index contributed by atoms with van der Waals surface area (Å²) in [7, 11) is 1.48. The van der Waals surface area contributed by atoms with Crippen molar-refractivity contribution in [3.8, 4) is 5.75 Å². The lowest BCUT2D eigenvalue weighted by Crippen LogP contribution is -2.49. The van der Waals surface area contributed by atoms with Crippen LogP contribution in [0.15, 0.2) is 24.3 Å². The summed E-state index contributed by atoms with van der Waals surface area (Å²) in [6.07, 6.45) is 0. The van der Waals surface area contributed by atoms with Gasteiger partial charge in [0.25, 0.3) is 5.91 Å². The van der Waals surface area contributed by atoms with E-state index >= 15 is 0 Å². The number of carbonyl (C=O) groups excluding carboxylic acids is 3. The molecule has 0 bridgehead atoms. The predicted molar refractivity (Wildman–Crippen MR) is 76.5 cm³/mol. The van der Waals surface area contributed by atoms with Gasteiger partial charge < -0.3 is 10.1 Å². The van der Waals surface area contributed by atoms with Crippen LogP contribution in [-0.4, -0.2) is 31.4 Å². The number of benzene rings is 1. The predicted octanol–water partition coefficient (Wildman–Crippen LogP) is 0.228. The molecule has 0 unspecified atom stereocenters. The van der Waals surface area contributed by atoms with E-state index in [1.165, 1.54) is 13.2 Å². The Bertz CT molecular complexity index is 529. The molecular weight excluding hydrogens is 274 g/mol. The van der Waals surface area contributed by atoms with Crippen LogP contribution >= 0.6 is 0 Å². The molecule has 3 amide bonds. The normalized spacial score (nSPS) is 9.90. The van der Waals surface area contributed by atoms with E-state index in [1.54, 1.807) is 18.2 Å². The molecule has 0 heterocycles. The molecule has 0 aliphatic heterocycles. The van der Waals surface area contributed by atoms with E-state index in [9.17, 15) is 14.4 Å². The highest BCUT2D eigenvalue weighted by molar-refractivity contribution is 6.35. The van der Waals surface area contributed by atoms with E-state index in [1.807, 2.05) is 13.8 Å². The molecule has 0 atom stereocenters. The molecule has 7 nitrogen and oxygen atoms in total. The number of hydrogen-bond acceptors (Lipinski definition) is 4. The van der Waals surface area contributed by atoms with Crippen LogP contribution in [-0.2, 0) is 9.59 Å². The summed E-state index contributed by atoms with van der Waals surface area (Å²) in [4.78, 5) is 34.6. The molecule has 114 valence electrons. The number of amides is 3. The van der Waals surface area contributed by atoms with Crippen molar-refractivity contribution < 1.29 is 19.1 Å². The average Bonchev–Trinajstić information content (AvgIpc) is 2.49. The van der Waals surface area contributed by atoms with Gasteiger partial charge in [-0.25, -0.2) is 0 Å². The molecule has 1 aromatic rings. The van der Waals surface area contributed by atoms with Crippen LogP contribution in [0.5, 0.6) is 5.75 Å².